The quantitative estimate of drug-likeness (QED) is 0.829. The third kappa shape index (κ3) is 3.90. The van der Waals surface area contributed by atoms with Crippen LogP contribution < -0.4 is 11.1 Å². The second-order valence-electron chi connectivity index (χ2n) is 4.09. The van der Waals surface area contributed by atoms with Gasteiger partial charge in [0.05, 0.1) is 5.69 Å². The summed E-state index contributed by atoms with van der Waals surface area (Å²) < 4.78 is 0. The summed E-state index contributed by atoms with van der Waals surface area (Å²) in [4.78, 5) is 17.0. The van der Waals surface area contributed by atoms with E-state index in [1.807, 2.05) is 20.8 Å². The number of nitrogens with zero attached hydrogens (tertiary/aromatic N) is 1. The minimum absolute atomic E-state index is 0.0223. The highest BCUT2D eigenvalue weighted by molar-refractivity contribution is 7.15. The molecule has 5 heteroatoms. The second kappa shape index (κ2) is 5.96. The van der Waals surface area contributed by atoms with Gasteiger partial charge in [-0.25, -0.2) is 4.98 Å². The van der Waals surface area contributed by atoms with Crippen molar-refractivity contribution in [2.24, 2.45) is 11.7 Å². The van der Waals surface area contributed by atoms with Crippen molar-refractivity contribution in [1.82, 2.24) is 4.98 Å². The standard InChI is InChI=1S/C11H19N3OS/c1-7(6-12)4-5-10(15)14-11-13-8(2)9(3)16-11/h7H,4-6,12H2,1-3H3,(H,13,14,15). The lowest BCUT2D eigenvalue weighted by molar-refractivity contribution is -0.116. The zero-order valence-corrected chi connectivity index (χ0v) is 10.9. The molecular weight excluding hydrogens is 222 g/mol. The van der Waals surface area contributed by atoms with Crippen LogP contribution >= 0.6 is 11.3 Å². The number of aromatic nitrogens is 1. The number of anilines is 1. The van der Waals surface area contributed by atoms with Gasteiger partial charge in [-0.05, 0) is 32.7 Å². The van der Waals surface area contributed by atoms with Crippen molar-refractivity contribution in [3.05, 3.63) is 10.6 Å². The lowest BCUT2D eigenvalue weighted by atomic mass is 10.1. The number of hydrogen-bond donors (Lipinski definition) is 2. The summed E-state index contributed by atoms with van der Waals surface area (Å²) >= 11 is 1.51. The smallest absolute Gasteiger partial charge is 0.226 e. The van der Waals surface area contributed by atoms with Gasteiger partial charge >= 0.3 is 0 Å². The number of rotatable bonds is 5. The van der Waals surface area contributed by atoms with Crippen LogP contribution in [0.4, 0.5) is 5.13 Å². The van der Waals surface area contributed by atoms with E-state index in [0.29, 0.717) is 24.0 Å². The van der Waals surface area contributed by atoms with Crippen molar-refractivity contribution in [1.29, 1.82) is 0 Å². The number of amides is 1. The number of thiazole rings is 1. The average Bonchev–Trinajstić information content (AvgIpc) is 2.54. The topological polar surface area (TPSA) is 68.0 Å². The molecule has 1 rings (SSSR count). The van der Waals surface area contributed by atoms with Crippen LogP contribution in [-0.4, -0.2) is 17.4 Å². The molecule has 0 spiro atoms. The van der Waals surface area contributed by atoms with E-state index in [2.05, 4.69) is 10.3 Å². The number of aryl methyl sites for hydroxylation is 2. The van der Waals surface area contributed by atoms with Crippen LogP contribution in [0.25, 0.3) is 0 Å². The second-order valence-corrected chi connectivity index (χ2v) is 5.29. The fourth-order valence-electron chi connectivity index (χ4n) is 1.20. The SMILES string of the molecule is Cc1nc(NC(=O)CCC(C)CN)sc1C. The van der Waals surface area contributed by atoms with Crippen LogP contribution in [0.15, 0.2) is 0 Å². The van der Waals surface area contributed by atoms with Gasteiger partial charge in [0, 0.05) is 11.3 Å². The van der Waals surface area contributed by atoms with Crippen molar-refractivity contribution in [3.8, 4) is 0 Å². The molecule has 0 aromatic carbocycles. The van der Waals surface area contributed by atoms with E-state index in [1.54, 1.807) is 0 Å². The van der Waals surface area contributed by atoms with Crippen LogP contribution in [0, 0.1) is 19.8 Å². The number of hydrogen-bond acceptors (Lipinski definition) is 4. The van der Waals surface area contributed by atoms with Gasteiger partial charge < -0.3 is 11.1 Å². The van der Waals surface area contributed by atoms with Crippen LogP contribution in [0.2, 0.25) is 0 Å². The van der Waals surface area contributed by atoms with Gasteiger partial charge in [0.25, 0.3) is 0 Å². The molecule has 90 valence electrons. The first-order valence-electron chi connectivity index (χ1n) is 5.47. The van der Waals surface area contributed by atoms with E-state index in [9.17, 15) is 4.79 Å². The summed E-state index contributed by atoms with van der Waals surface area (Å²) in [6, 6.07) is 0. The van der Waals surface area contributed by atoms with Crippen molar-refractivity contribution in [2.75, 3.05) is 11.9 Å². The van der Waals surface area contributed by atoms with E-state index in [1.165, 1.54) is 11.3 Å². The predicted molar refractivity (Wildman–Crippen MR) is 67.7 cm³/mol. The fourth-order valence-corrected chi connectivity index (χ4v) is 2.03. The summed E-state index contributed by atoms with van der Waals surface area (Å²) in [6.07, 6.45) is 1.34. The summed E-state index contributed by atoms with van der Waals surface area (Å²) in [5.74, 6) is 0.416. The van der Waals surface area contributed by atoms with E-state index >= 15 is 0 Å². The maximum atomic E-state index is 11.6. The summed E-state index contributed by atoms with van der Waals surface area (Å²) in [5, 5.41) is 3.51. The summed E-state index contributed by atoms with van der Waals surface area (Å²) in [7, 11) is 0. The Morgan fingerprint density at radius 3 is 2.75 bits per heavy atom. The molecule has 0 saturated carbocycles. The predicted octanol–water partition coefficient (Wildman–Crippen LogP) is 2.07. The molecule has 1 heterocycles. The molecule has 0 fully saturated rings. The molecule has 0 aliphatic rings. The number of carbonyl (C=O) groups is 1. The fraction of sp³-hybridized carbons (Fsp3) is 0.636. The zero-order valence-electron chi connectivity index (χ0n) is 10.0. The zero-order chi connectivity index (χ0) is 12.1. The summed E-state index contributed by atoms with van der Waals surface area (Å²) in [5.41, 5.74) is 6.47. The number of carbonyl (C=O) groups excluding carboxylic acids is 1. The van der Waals surface area contributed by atoms with Crippen LogP contribution in [0.1, 0.15) is 30.3 Å². The Kier molecular flexibility index (Phi) is 4.89. The van der Waals surface area contributed by atoms with E-state index in [-0.39, 0.29) is 5.91 Å². The largest absolute Gasteiger partial charge is 0.330 e. The van der Waals surface area contributed by atoms with Crippen LogP contribution in [0.5, 0.6) is 0 Å². The molecule has 3 N–H and O–H groups in total. The average molecular weight is 241 g/mol. The number of nitrogens with one attached hydrogen (secondary N) is 1. The molecule has 0 bridgehead atoms. The minimum atomic E-state index is 0.0223. The number of nitrogens with two attached hydrogens (primary N) is 1. The van der Waals surface area contributed by atoms with Crippen LogP contribution in [0.3, 0.4) is 0 Å². The molecule has 1 amide bonds. The third-order valence-electron chi connectivity index (χ3n) is 2.54. The Bertz CT molecular complexity index is 343. The Morgan fingerprint density at radius 2 is 2.25 bits per heavy atom. The highest BCUT2D eigenvalue weighted by Crippen LogP contribution is 2.21. The first-order valence-corrected chi connectivity index (χ1v) is 6.28. The maximum Gasteiger partial charge on any atom is 0.226 e. The Balaban J connectivity index is 2.40. The Morgan fingerprint density at radius 1 is 1.56 bits per heavy atom. The minimum Gasteiger partial charge on any atom is -0.330 e. The van der Waals surface area contributed by atoms with Crippen molar-refractivity contribution in [2.45, 2.75) is 33.6 Å². The first-order chi connectivity index (χ1) is 7.52. The molecule has 1 aromatic heterocycles. The van der Waals surface area contributed by atoms with Gasteiger partial charge in [0.15, 0.2) is 5.13 Å². The monoisotopic (exact) mass is 241 g/mol. The Hall–Kier alpha value is -0.940. The lowest BCUT2D eigenvalue weighted by Crippen LogP contribution is -2.16. The molecule has 1 aromatic rings. The van der Waals surface area contributed by atoms with Gasteiger partial charge in [-0.1, -0.05) is 6.92 Å². The van der Waals surface area contributed by atoms with Gasteiger partial charge in [-0.15, -0.1) is 11.3 Å². The molecule has 0 saturated heterocycles. The van der Waals surface area contributed by atoms with E-state index in [0.717, 1.165) is 17.0 Å². The van der Waals surface area contributed by atoms with Gasteiger partial charge in [0.1, 0.15) is 0 Å². The molecule has 1 atom stereocenters. The van der Waals surface area contributed by atoms with Crippen molar-refractivity contribution < 1.29 is 4.79 Å². The molecule has 4 nitrogen and oxygen atoms in total. The molecule has 0 aliphatic carbocycles. The van der Waals surface area contributed by atoms with Gasteiger partial charge in [-0.2, -0.15) is 0 Å². The Labute approximate surface area is 100 Å². The molecular formula is C11H19N3OS. The molecule has 0 radical (unpaired) electrons. The van der Waals surface area contributed by atoms with E-state index in [4.69, 9.17) is 5.73 Å². The first kappa shape index (κ1) is 13.1. The van der Waals surface area contributed by atoms with Gasteiger partial charge in [-0.3, -0.25) is 4.79 Å². The lowest BCUT2D eigenvalue weighted by Gasteiger charge is -2.06. The maximum absolute atomic E-state index is 11.6. The summed E-state index contributed by atoms with van der Waals surface area (Å²) in [6.45, 7) is 6.62. The molecule has 1 unspecified atom stereocenters. The normalized spacial score (nSPS) is 12.5. The van der Waals surface area contributed by atoms with Gasteiger partial charge in [0.2, 0.25) is 5.91 Å². The highest BCUT2D eigenvalue weighted by atomic mass is 32.1. The van der Waals surface area contributed by atoms with Crippen molar-refractivity contribution in [3.63, 3.8) is 0 Å². The van der Waals surface area contributed by atoms with Crippen LogP contribution in [-0.2, 0) is 4.79 Å². The van der Waals surface area contributed by atoms with Crippen molar-refractivity contribution >= 4 is 22.4 Å². The highest BCUT2D eigenvalue weighted by Gasteiger charge is 2.09. The van der Waals surface area contributed by atoms with E-state index < -0.39 is 0 Å². The molecule has 16 heavy (non-hydrogen) atoms. The molecule has 0 aliphatic heterocycles. The third-order valence-corrected chi connectivity index (χ3v) is 3.53.